The van der Waals surface area contributed by atoms with Crippen LogP contribution in [-0.2, 0) is 24.3 Å². The molecule has 4 rings (SSSR count). The lowest BCUT2D eigenvalue weighted by molar-refractivity contribution is -0.116. The number of amides is 1. The van der Waals surface area contributed by atoms with E-state index < -0.39 is 0 Å². The van der Waals surface area contributed by atoms with Crippen LogP contribution in [0.4, 0.5) is 10.1 Å². The van der Waals surface area contributed by atoms with Gasteiger partial charge in [0.15, 0.2) is 5.65 Å². The average Bonchev–Trinajstić information content (AvgIpc) is 2.99. The third-order valence-corrected chi connectivity index (χ3v) is 4.52. The van der Waals surface area contributed by atoms with E-state index >= 15 is 0 Å². The summed E-state index contributed by atoms with van der Waals surface area (Å²) in [5.74, 6) is -0.732. The zero-order chi connectivity index (χ0) is 18.1. The molecule has 0 aliphatic carbocycles. The maximum Gasteiger partial charge on any atom is 0.350 e. The van der Waals surface area contributed by atoms with Gasteiger partial charge in [0, 0.05) is 19.2 Å². The molecule has 0 saturated heterocycles. The summed E-state index contributed by atoms with van der Waals surface area (Å²) in [6.45, 7) is 1.48. The zero-order valence-electron chi connectivity index (χ0n) is 14.4. The normalized spacial score (nSPS) is 13.1. The van der Waals surface area contributed by atoms with Gasteiger partial charge in [-0.25, -0.2) is 13.9 Å². The van der Waals surface area contributed by atoms with Crippen molar-refractivity contribution in [3.63, 3.8) is 0 Å². The summed E-state index contributed by atoms with van der Waals surface area (Å²) in [5, 5.41) is 9.96. The molecular weight excluding hydrogens is 373 g/mol. The van der Waals surface area contributed by atoms with Crippen LogP contribution >= 0.6 is 12.4 Å². The Morgan fingerprint density at radius 3 is 2.96 bits per heavy atom. The number of benzene rings is 1. The number of anilines is 1. The number of hydrogen-bond donors (Lipinski definition) is 2. The quantitative estimate of drug-likeness (QED) is 0.709. The van der Waals surface area contributed by atoms with Gasteiger partial charge in [0.05, 0.1) is 12.2 Å². The SMILES string of the molecule is Cl.O=C(CCn1nc2ccccn2c1=O)Nc1ccc2c(c1F)CCNC2. The number of fused-ring (bicyclic) bond motifs is 2. The fraction of sp³-hybridized carbons (Fsp3) is 0.278. The van der Waals surface area contributed by atoms with Crippen molar-refractivity contribution >= 4 is 29.6 Å². The molecule has 3 heterocycles. The molecule has 7 nitrogen and oxygen atoms in total. The molecule has 2 aromatic heterocycles. The first-order valence-corrected chi connectivity index (χ1v) is 8.48. The van der Waals surface area contributed by atoms with E-state index in [1.54, 1.807) is 30.5 Å². The van der Waals surface area contributed by atoms with Crippen molar-refractivity contribution in [3.05, 3.63) is 64.0 Å². The third kappa shape index (κ3) is 3.72. The maximum atomic E-state index is 14.6. The molecule has 0 radical (unpaired) electrons. The van der Waals surface area contributed by atoms with Gasteiger partial charge < -0.3 is 10.6 Å². The number of carbonyl (C=O) groups excluding carboxylic acids is 1. The van der Waals surface area contributed by atoms with E-state index in [9.17, 15) is 14.0 Å². The second kappa shape index (κ2) is 7.89. The largest absolute Gasteiger partial charge is 0.350 e. The van der Waals surface area contributed by atoms with Crippen LogP contribution in [0.3, 0.4) is 0 Å². The lowest BCUT2D eigenvalue weighted by Gasteiger charge is -2.19. The van der Waals surface area contributed by atoms with Gasteiger partial charge >= 0.3 is 5.69 Å². The summed E-state index contributed by atoms with van der Waals surface area (Å²) in [6, 6.07) is 8.65. The molecule has 0 bridgehead atoms. The van der Waals surface area contributed by atoms with Gasteiger partial charge in [0.1, 0.15) is 5.82 Å². The van der Waals surface area contributed by atoms with Gasteiger partial charge in [-0.15, -0.1) is 17.5 Å². The summed E-state index contributed by atoms with van der Waals surface area (Å²) in [6.07, 6.45) is 2.25. The minimum absolute atomic E-state index is 0. The number of carbonyl (C=O) groups is 1. The van der Waals surface area contributed by atoms with Crippen LogP contribution in [-0.4, -0.2) is 26.6 Å². The average molecular weight is 392 g/mol. The van der Waals surface area contributed by atoms with Crippen molar-refractivity contribution in [2.45, 2.75) is 25.9 Å². The van der Waals surface area contributed by atoms with E-state index in [-0.39, 0.29) is 48.5 Å². The molecule has 142 valence electrons. The summed E-state index contributed by atoms with van der Waals surface area (Å²) >= 11 is 0. The number of nitrogens with zero attached hydrogens (tertiary/aromatic N) is 3. The molecule has 0 atom stereocenters. The molecule has 27 heavy (non-hydrogen) atoms. The molecule has 0 spiro atoms. The Bertz CT molecular complexity index is 1050. The van der Waals surface area contributed by atoms with Crippen molar-refractivity contribution in [2.24, 2.45) is 0 Å². The van der Waals surface area contributed by atoms with Crippen LogP contribution < -0.4 is 16.3 Å². The number of rotatable bonds is 4. The van der Waals surface area contributed by atoms with Gasteiger partial charge in [-0.05, 0) is 42.3 Å². The fourth-order valence-electron chi connectivity index (χ4n) is 3.16. The van der Waals surface area contributed by atoms with E-state index in [1.807, 2.05) is 6.07 Å². The highest BCUT2D eigenvalue weighted by Crippen LogP contribution is 2.24. The van der Waals surface area contributed by atoms with Crippen LogP contribution in [0, 0.1) is 5.82 Å². The Morgan fingerprint density at radius 2 is 2.15 bits per heavy atom. The van der Waals surface area contributed by atoms with Gasteiger partial charge in [-0.3, -0.25) is 9.20 Å². The molecule has 9 heteroatoms. The smallest absolute Gasteiger partial charge is 0.324 e. The predicted octanol–water partition coefficient (Wildman–Crippen LogP) is 1.73. The van der Waals surface area contributed by atoms with E-state index in [4.69, 9.17) is 0 Å². The van der Waals surface area contributed by atoms with E-state index in [0.29, 0.717) is 24.2 Å². The number of hydrogen-bond acceptors (Lipinski definition) is 4. The Morgan fingerprint density at radius 1 is 1.30 bits per heavy atom. The summed E-state index contributed by atoms with van der Waals surface area (Å²) < 4.78 is 17.2. The second-order valence-corrected chi connectivity index (χ2v) is 6.22. The van der Waals surface area contributed by atoms with E-state index in [0.717, 1.165) is 12.1 Å². The second-order valence-electron chi connectivity index (χ2n) is 6.22. The Kier molecular flexibility index (Phi) is 5.57. The highest BCUT2D eigenvalue weighted by atomic mass is 35.5. The Labute approximate surface area is 160 Å². The topological polar surface area (TPSA) is 80.4 Å². The summed E-state index contributed by atoms with van der Waals surface area (Å²) in [4.78, 5) is 24.4. The van der Waals surface area contributed by atoms with Crippen molar-refractivity contribution < 1.29 is 9.18 Å². The molecule has 0 fully saturated rings. The molecular formula is C18H19ClFN5O2. The minimum atomic E-state index is -0.373. The number of halogens is 2. The molecule has 0 saturated carbocycles. The summed E-state index contributed by atoms with van der Waals surface area (Å²) in [5.41, 5.74) is 1.97. The van der Waals surface area contributed by atoms with Gasteiger partial charge in [-0.2, -0.15) is 0 Å². The monoisotopic (exact) mass is 391 g/mol. The Balaban J connectivity index is 0.00000210. The van der Waals surface area contributed by atoms with Gasteiger partial charge in [-0.1, -0.05) is 12.1 Å². The van der Waals surface area contributed by atoms with Crippen LogP contribution in [0.1, 0.15) is 17.5 Å². The standard InChI is InChI=1S/C18H18FN5O2.ClH/c19-17-13-6-8-20-11-12(13)4-5-14(17)21-16(25)7-10-24-18(26)23-9-2-1-3-15(23)22-24;/h1-5,9,20H,6-8,10-11H2,(H,21,25);1H. The summed E-state index contributed by atoms with van der Waals surface area (Å²) in [7, 11) is 0. The third-order valence-electron chi connectivity index (χ3n) is 4.52. The van der Waals surface area contributed by atoms with Gasteiger partial charge in [0.25, 0.3) is 0 Å². The first kappa shape index (κ1) is 19.1. The molecule has 1 amide bonds. The molecule has 3 aromatic rings. The lowest BCUT2D eigenvalue weighted by Crippen LogP contribution is -2.26. The van der Waals surface area contributed by atoms with Crippen LogP contribution in [0.5, 0.6) is 0 Å². The van der Waals surface area contributed by atoms with Crippen LogP contribution in [0.25, 0.3) is 5.65 Å². The van der Waals surface area contributed by atoms with Crippen molar-refractivity contribution in [1.82, 2.24) is 19.5 Å². The molecule has 1 aromatic carbocycles. The number of nitrogens with one attached hydrogen (secondary N) is 2. The first-order valence-electron chi connectivity index (χ1n) is 8.48. The molecule has 0 unspecified atom stereocenters. The predicted molar refractivity (Wildman–Crippen MR) is 102 cm³/mol. The minimum Gasteiger partial charge on any atom is -0.324 e. The van der Waals surface area contributed by atoms with E-state index in [2.05, 4.69) is 15.7 Å². The number of pyridine rings is 1. The molecule has 1 aliphatic heterocycles. The van der Waals surface area contributed by atoms with Crippen molar-refractivity contribution in [2.75, 3.05) is 11.9 Å². The maximum absolute atomic E-state index is 14.6. The van der Waals surface area contributed by atoms with Crippen LogP contribution in [0.2, 0.25) is 0 Å². The highest BCUT2D eigenvalue weighted by molar-refractivity contribution is 5.91. The Hall–Kier alpha value is -2.71. The number of aryl methyl sites for hydroxylation is 1. The van der Waals surface area contributed by atoms with Crippen molar-refractivity contribution in [3.8, 4) is 0 Å². The zero-order valence-corrected chi connectivity index (χ0v) is 15.3. The fourth-order valence-corrected chi connectivity index (χ4v) is 3.16. The highest BCUT2D eigenvalue weighted by Gasteiger charge is 2.17. The van der Waals surface area contributed by atoms with Crippen LogP contribution in [0.15, 0.2) is 41.3 Å². The van der Waals surface area contributed by atoms with Crippen molar-refractivity contribution in [1.29, 1.82) is 0 Å². The lowest BCUT2D eigenvalue weighted by atomic mass is 9.99. The molecule has 2 N–H and O–H groups in total. The number of aromatic nitrogens is 3. The van der Waals surface area contributed by atoms with E-state index in [1.165, 1.54) is 9.08 Å². The van der Waals surface area contributed by atoms with Gasteiger partial charge in [0.2, 0.25) is 5.91 Å². The first-order chi connectivity index (χ1) is 12.6. The molecule has 1 aliphatic rings.